The molecule has 2 aromatic carbocycles. The van der Waals surface area contributed by atoms with Crippen molar-refractivity contribution in [3.8, 4) is 11.1 Å². The van der Waals surface area contributed by atoms with Gasteiger partial charge in [-0.3, -0.25) is 4.79 Å². The first-order valence-corrected chi connectivity index (χ1v) is 8.24. The Hall–Kier alpha value is -2.47. The molecule has 5 nitrogen and oxygen atoms in total. The van der Waals surface area contributed by atoms with Gasteiger partial charge in [0.1, 0.15) is 0 Å². The van der Waals surface area contributed by atoms with Gasteiger partial charge in [0.05, 0.1) is 5.69 Å². The van der Waals surface area contributed by atoms with Crippen LogP contribution in [0.4, 0.5) is 16.2 Å². The number of benzene rings is 2. The average molecular weight is 341 g/mol. The number of hydrogen-bond donors (Lipinski definition) is 3. The van der Waals surface area contributed by atoms with Crippen molar-refractivity contribution >= 4 is 36.1 Å². The van der Waals surface area contributed by atoms with Crippen LogP contribution in [0.1, 0.15) is 30.9 Å². The van der Waals surface area contributed by atoms with Gasteiger partial charge >= 0.3 is 6.03 Å². The third kappa shape index (κ3) is 3.10. The maximum Gasteiger partial charge on any atom is 0.329 e. The predicted octanol–water partition coefficient (Wildman–Crippen LogP) is 3.73. The zero-order valence-electron chi connectivity index (χ0n) is 13.4. The van der Waals surface area contributed by atoms with Gasteiger partial charge in [-0.15, -0.1) is 0 Å². The first kappa shape index (κ1) is 16.4. The number of carbonyl (C=O) groups is 2. The summed E-state index contributed by atoms with van der Waals surface area (Å²) in [5.74, 6) is 0.0300. The van der Waals surface area contributed by atoms with Crippen LogP contribution >= 0.6 is 12.8 Å². The molecule has 0 radical (unpaired) electrons. The van der Waals surface area contributed by atoms with Crippen LogP contribution in [0.2, 0.25) is 0 Å². The van der Waals surface area contributed by atoms with Crippen LogP contribution in [0.15, 0.2) is 36.4 Å². The fourth-order valence-electron chi connectivity index (χ4n) is 2.98. The minimum absolute atomic E-state index is 0.0300. The Labute approximate surface area is 146 Å². The number of carbonyl (C=O) groups excluding carboxylic acids is 2. The fourth-order valence-corrected chi connectivity index (χ4v) is 3.11. The lowest BCUT2D eigenvalue weighted by Gasteiger charge is -2.13. The highest BCUT2D eigenvalue weighted by Crippen LogP contribution is 2.39. The lowest BCUT2D eigenvalue weighted by molar-refractivity contribution is -0.116. The van der Waals surface area contributed by atoms with Crippen molar-refractivity contribution in [1.29, 1.82) is 0 Å². The quantitative estimate of drug-likeness (QED) is 0.633. The minimum Gasteiger partial charge on any atom is -0.350 e. The Kier molecular flexibility index (Phi) is 4.49. The summed E-state index contributed by atoms with van der Waals surface area (Å²) in [6.07, 6.45) is 2.09. The van der Waals surface area contributed by atoms with Crippen molar-refractivity contribution < 1.29 is 9.59 Å². The third-order valence-corrected chi connectivity index (χ3v) is 4.51. The van der Waals surface area contributed by atoms with E-state index in [1.807, 2.05) is 43.3 Å². The van der Waals surface area contributed by atoms with E-state index in [1.54, 1.807) is 0 Å². The lowest BCUT2D eigenvalue weighted by Crippen LogP contribution is -2.27. The lowest BCUT2D eigenvalue weighted by atomic mass is 10.0. The molecular weight excluding hydrogens is 322 g/mol. The number of amides is 3. The number of urea groups is 1. The maximum atomic E-state index is 11.7. The molecule has 0 heterocycles. The summed E-state index contributed by atoms with van der Waals surface area (Å²) in [5, 5.41) is 2.92. The van der Waals surface area contributed by atoms with Gasteiger partial charge in [0, 0.05) is 12.1 Å². The standard InChI is InChI=1S/C18H19N3O2S/c1-2-3-17(22)20-13-4-6-15-11(9-13)8-12-10-14(5-7-16(12)15)21(24)18(19)23/h4-7,9-10,24H,2-3,8H2,1H3,(H2,19,23)(H,20,22). The van der Waals surface area contributed by atoms with Gasteiger partial charge in [-0.2, -0.15) is 0 Å². The van der Waals surface area contributed by atoms with Crippen LogP contribution in [-0.4, -0.2) is 11.9 Å². The van der Waals surface area contributed by atoms with E-state index in [2.05, 4.69) is 18.1 Å². The highest BCUT2D eigenvalue weighted by molar-refractivity contribution is 7.82. The predicted molar refractivity (Wildman–Crippen MR) is 99.3 cm³/mol. The average Bonchev–Trinajstić information content (AvgIpc) is 2.90. The van der Waals surface area contributed by atoms with Gasteiger partial charge in [0.2, 0.25) is 5.91 Å². The summed E-state index contributed by atoms with van der Waals surface area (Å²) in [6, 6.07) is 11.0. The molecule has 0 bridgehead atoms. The van der Waals surface area contributed by atoms with Crippen LogP contribution in [0.5, 0.6) is 0 Å². The molecule has 24 heavy (non-hydrogen) atoms. The molecule has 0 spiro atoms. The monoisotopic (exact) mass is 341 g/mol. The van der Waals surface area contributed by atoms with Crippen molar-refractivity contribution in [3.63, 3.8) is 0 Å². The van der Waals surface area contributed by atoms with E-state index in [0.29, 0.717) is 12.1 Å². The molecule has 1 aliphatic carbocycles. The van der Waals surface area contributed by atoms with Crippen LogP contribution < -0.4 is 15.4 Å². The summed E-state index contributed by atoms with van der Waals surface area (Å²) in [5.41, 5.74) is 11.3. The van der Waals surface area contributed by atoms with Gasteiger partial charge in [-0.05, 0) is 59.4 Å². The van der Waals surface area contributed by atoms with Crippen molar-refractivity contribution in [3.05, 3.63) is 47.5 Å². The van der Waals surface area contributed by atoms with Crippen LogP contribution in [0.25, 0.3) is 11.1 Å². The van der Waals surface area contributed by atoms with E-state index in [1.165, 1.54) is 0 Å². The molecule has 0 unspecified atom stereocenters. The number of thiol groups is 1. The molecule has 0 fully saturated rings. The highest BCUT2D eigenvalue weighted by atomic mass is 32.1. The Morgan fingerprint density at radius 1 is 1.17 bits per heavy atom. The molecule has 2 aromatic rings. The Balaban J connectivity index is 1.86. The molecule has 0 aromatic heterocycles. The molecule has 1 aliphatic rings. The molecule has 0 saturated heterocycles. The molecule has 0 atom stereocenters. The number of hydrogen-bond acceptors (Lipinski definition) is 3. The van der Waals surface area contributed by atoms with Crippen LogP contribution in [-0.2, 0) is 11.2 Å². The fraction of sp³-hybridized carbons (Fsp3) is 0.222. The molecular formula is C18H19N3O2S. The number of rotatable bonds is 4. The maximum absolute atomic E-state index is 11.7. The normalized spacial score (nSPS) is 11.6. The van der Waals surface area contributed by atoms with E-state index in [4.69, 9.17) is 5.73 Å². The Morgan fingerprint density at radius 2 is 1.83 bits per heavy atom. The smallest absolute Gasteiger partial charge is 0.329 e. The van der Waals surface area contributed by atoms with Crippen LogP contribution in [0.3, 0.4) is 0 Å². The number of primary amides is 1. The number of fused-ring (bicyclic) bond motifs is 3. The summed E-state index contributed by atoms with van der Waals surface area (Å²) in [4.78, 5) is 23.0. The summed E-state index contributed by atoms with van der Waals surface area (Å²) < 4.78 is 1.12. The number of nitrogens with two attached hydrogens (primary N) is 1. The van der Waals surface area contributed by atoms with E-state index >= 15 is 0 Å². The Bertz CT molecular complexity index is 820. The van der Waals surface area contributed by atoms with E-state index in [-0.39, 0.29) is 5.91 Å². The first-order valence-electron chi connectivity index (χ1n) is 7.84. The van der Waals surface area contributed by atoms with E-state index < -0.39 is 6.03 Å². The SMILES string of the molecule is CCCC(=O)Nc1ccc2c(c1)Cc1cc(N(S)C(N)=O)ccc1-2. The molecule has 6 heteroatoms. The van der Waals surface area contributed by atoms with Gasteiger partial charge in [-0.1, -0.05) is 31.9 Å². The minimum atomic E-state index is -0.616. The first-order chi connectivity index (χ1) is 11.5. The second-order valence-electron chi connectivity index (χ2n) is 5.84. The second-order valence-corrected chi connectivity index (χ2v) is 6.24. The molecule has 124 valence electrons. The number of nitrogens with one attached hydrogen (secondary N) is 1. The molecule has 3 rings (SSSR count). The second kappa shape index (κ2) is 6.57. The molecule has 0 saturated carbocycles. The van der Waals surface area contributed by atoms with Crippen molar-refractivity contribution in [1.82, 2.24) is 0 Å². The summed E-state index contributed by atoms with van der Waals surface area (Å²) in [7, 11) is 0. The molecule has 0 aliphatic heterocycles. The molecule has 3 amide bonds. The van der Waals surface area contributed by atoms with Gasteiger partial charge in [0.25, 0.3) is 0 Å². The Morgan fingerprint density at radius 3 is 2.50 bits per heavy atom. The van der Waals surface area contributed by atoms with E-state index in [0.717, 1.165) is 45.1 Å². The topological polar surface area (TPSA) is 75.4 Å². The van der Waals surface area contributed by atoms with Gasteiger partial charge < -0.3 is 11.1 Å². The van der Waals surface area contributed by atoms with Gasteiger partial charge in [0.15, 0.2) is 0 Å². The number of anilines is 2. The highest BCUT2D eigenvalue weighted by Gasteiger charge is 2.20. The van der Waals surface area contributed by atoms with Crippen molar-refractivity contribution in [2.24, 2.45) is 5.73 Å². The van der Waals surface area contributed by atoms with Gasteiger partial charge in [-0.25, -0.2) is 9.10 Å². The molecule has 3 N–H and O–H groups in total. The van der Waals surface area contributed by atoms with Crippen molar-refractivity contribution in [2.75, 3.05) is 9.62 Å². The summed E-state index contributed by atoms with van der Waals surface area (Å²) >= 11 is 4.10. The third-order valence-electron chi connectivity index (χ3n) is 4.08. The van der Waals surface area contributed by atoms with E-state index in [9.17, 15) is 9.59 Å². The van der Waals surface area contributed by atoms with Crippen LogP contribution in [0, 0.1) is 0 Å². The summed E-state index contributed by atoms with van der Waals surface area (Å²) in [6.45, 7) is 1.98. The zero-order chi connectivity index (χ0) is 17.3. The number of nitrogens with zero attached hydrogens (tertiary/aromatic N) is 1. The largest absolute Gasteiger partial charge is 0.350 e. The zero-order valence-corrected chi connectivity index (χ0v) is 14.3. The van der Waals surface area contributed by atoms with Crippen molar-refractivity contribution in [2.45, 2.75) is 26.2 Å².